The highest BCUT2D eigenvalue weighted by atomic mass is 35.5. The number of carbonyl (C=O) groups excluding carboxylic acids is 1. The Morgan fingerprint density at radius 1 is 1.14 bits per heavy atom. The number of halogens is 2. The lowest BCUT2D eigenvalue weighted by Crippen LogP contribution is -2.51. The molecule has 1 saturated heterocycles. The van der Waals surface area contributed by atoms with Gasteiger partial charge in [-0.25, -0.2) is 12.8 Å². The normalized spacial score (nSPS) is 17.1. The molecular formula is C20H23ClFN3O3S. The number of amides is 1. The maximum atomic E-state index is 13.4. The first-order chi connectivity index (χ1) is 13.8. The first-order valence-corrected chi connectivity index (χ1v) is 11.1. The topological polar surface area (TPSA) is 69.7 Å². The van der Waals surface area contributed by atoms with E-state index in [0.29, 0.717) is 18.1 Å². The average molecular weight is 440 g/mol. The van der Waals surface area contributed by atoms with Gasteiger partial charge in [-0.2, -0.15) is 4.31 Å². The molecule has 1 heterocycles. The van der Waals surface area contributed by atoms with E-state index in [-0.39, 0.29) is 36.5 Å². The molecule has 2 aromatic carbocycles. The number of piperazine rings is 1. The van der Waals surface area contributed by atoms with Gasteiger partial charge in [-0.05, 0) is 36.8 Å². The highest BCUT2D eigenvalue weighted by Crippen LogP contribution is 2.22. The largest absolute Gasteiger partial charge is 0.348 e. The summed E-state index contributed by atoms with van der Waals surface area (Å²) in [6.45, 7) is 3.36. The first-order valence-electron chi connectivity index (χ1n) is 9.29. The van der Waals surface area contributed by atoms with Crippen LogP contribution in [0.3, 0.4) is 0 Å². The van der Waals surface area contributed by atoms with Gasteiger partial charge in [0.1, 0.15) is 5.82 Å². The highest BCUT2D eigenvalue weighted by Gasteiger charge is 2.29. The predicted molar refractivity (Wildman–Crippen MR) is 110 cm³/mol. The van der Waals surface area contributed by atoms with Crippen LogP contribution in [0, 0.1) is 5.82 Å². The Kier molecular flexibility index (Phi) is 6.89. The Bertz CT molecular complexity index is 978. The molecule has 156 valence electrons. The Hall–Kier alpha value is -2.00. The molecule has 1 N–H and O–H groups in total. The fourth-order valence-electron chi connectivity index (χ4n) is 3.30. The van der Waals surface area contributed by atoms with Crippen molar-refractivity contribution in [3.63, 3.8) is 0 Å². The second-order valence-electron chi connectivity index (χ2n) is 6.95. The van der Waals surface area contributed by atoms with Crippen molar-refractivity contribution in [3.8, 4) is 0 Å². The monoisotopic (exact) mass is 439 g/mol. The van der Waals surface area contributed by atoms with Crippen LogP contribution in [0.2, 0.25) is 5.02 Å². The number of rotatable bonds is 6. The third-order valence-corrected chi connectivity index (χ3v) is 7.12. The van der Waals surface area contributed by atoms with E-state index in [1.54, 1.807) is 6.07 Å². The van der Waals surface area contributed by atoms with Crippen molar-refractivity contribution < 1.29 is 17.6 Å². The number of sulfonamides is 1. The number of nitrogens with zero attached hydrogens (tertiary/aromatic N) is 2. The van der Waals surface area contributed by atoms with E-state index in [9.17, 15) is 17.6 Å². The summed E-state index contributed by atoms with van der Waals surface area (Å²) in [6, 6.07) is 12.1. The van der Waals surface area contributed by atoms with Crippen LogP contribution in [0.25, 0.3) is 0 Å². The molecule has 1 amide bonds. The summed E-state index contributed by atoms with van der Waals surface area (Å²) >= 11 is 6.17. The van der Waals surface area contributed by atoms with Crippen molar-refractivity contribution in [2.45, 2.75) is 17.9 Å². The van der Waals surface area contributed by atoms with Crippen LogP contribution in [0.5, 0.6) is 0 Å². The number of benzene rings is 2. The standard InChI is InChI=1S/C20H23ClFN3O3S/c1-15(18-7-2-3-8-19(18)21)23-20(26)14-24-9-11-25(12-10-24)29(27,28)17-6-4-5-16(22)13-17/h2-8,13,15H,9-12,14H2,1H3,(H,23,26)/t15-/m0/s1. The zero-order valence-corrected chi connectivity index (χ0v) is 17.6. The maximum absolute atomic E-state index is 13.4. The Balaban J connectivity index is 1.53. The van der Waals surface area contributed by atoms with Gasteiger partial charge < -0.3 is 5.32 Å². The molecule has 29 heavy (non-hydrogen) atoms. The molecule has 2 aromatic rings. The van der Waals surface area contributed by atoms with Crippen molar-refractivity contribution in [1.82, 2.24) is 14.5 Å². The first kappa shape index (κ1) is 21.7. The van der Waals surface area contributed by atoms with Crippen molar-refractivity contribution in [2.24, 2.45) is 0 Å². The van der Waals surface area contributed by atoms with Crippen molar-refractivity contribution >= 4 is 27.5 Å². The molecule has 0 unspecified atom stereocenters. The number of hydrogen-bond acceptors (Lipinski definition) is 4. The third kappa shape index (κ3) is 5.33. The fraction of sp³-hybridized carbons (Fsp3) is 0.350. The van der Waals surface area contributed by atoms with E-state index in [4.69, 9.17) is 11.6 Å². The molecule has 0 aromatic heterocycles. The van der Waals surface area contributed by atoms with Crippen LogP contribution in [0.15, 0.2) is 53.4 Å². The maximum Gasteiger partial charge on any atom is 0.243 e. The lowest BCUT2D eigenvalue weighted by atomic mass is 10.1. The summed E-state index contributed by atoms with van der Waals surface area (Å²) in [4.78, 5) is 14.2. The predicted octanol–water partition coefficient (Wildman–Crippen LogP) is 2.66. The molecule has 0 spiro atoms. The van der Waals surface area contributed by atoms with Crippen LogP contribution < -0.4 is 5.32 Å². The molecule has 1 fully saturated rings. The van der Waals surface area contributed by atoms with E-state index in [1.165, 1.54) is 22.5 Å². The second kappa shape index (κ2) is 9.21. The SMILES string of the molecule is C[C@H](NC(=O)CN1CCN(S(=O)(=O)c2cccc(F)c2)CC1)c1ccccc1Cl. The summed E-state index contributed by atoms with van der Waals surface area (Å²) < 4.78 is 40.0. The molecule has 0 bridgehead atoms. The van der Waals surface area contributed by atoms with Gasteiger partial charge in [0.15, 0.2) is 0 Å². The van der Waals surface area contributed by atoms with Gasteiger partial charge in [-0.15, -0.1) is 0 Å². The summed E-state index contributed by atoms with van der Waals surface area (Å²) in [6.07, 6.45) is 0. The summed E-state index contributed by atoms with van der Waals surface area (Å²) in [5.74, 6) is -0.743. The highest BCUT2D eigenvalue weighted by molar-refractivity contribution is 7.89. The molecule has 1 aliphatic rings. The molecule has 0 radical (unpaired) electrons. The molecule has 0 aliphatic carbocycles. The molecule has 6 nitrogen and oxygen atoms in total. The van der Waals surface area contributed by atoms with Gasteiger partial charge in [0.25, 0.3) is 0 Å². The van der Waals surface area contributed by atoms with E-state index in [1.807, 2.05) is 30.0 Å². The van der Waals surface area contributed by atoms with Gasteiger partial charge in [0, 0.05) is 31.2 Å². The van der Waals surface area contributed by atoms with Crippen LogP contribution in [-0.4, -0.2) is 56.3 Å². The van der Waals surface area contributed by atoms with Crippen LogP contribution in [0.4, 0.5) is 4.39 Å². The molecule has 1 atom stereocenters. The van der Waals surface area contributed by atoms with Crippen LogP contribution in [0.1, 0.15) is 18.5 Å². The van der Waals surface area contributed by atoms with Gasteiger partial charge >= 0.3 is 0 Å². The van der Waals surface area contributed by atoms with Crippen molar-refractivity contribution in [3.05, 3.63) is 64.9 Å². The second-order valence-corrected chi connectivity index (χ2v) is 9.29. The van der Waals surface area contributed by atoms with Gasteiger partial charge in [-0.3, -0.25) is 9.69 Å². The third-order valence-electron chi connectivity index (χ3n) is 4.88. The summed E-state index contributed by atoms with van der Waals surface area (Å²) in [5, 5.41) is 3.51. The van der Waals surface area contributed by atoms with E-state index in [0.717, 1.165) is 11.6 Å². The lowest BCUT2D eigenvalue weighted by Gasteiger charge is -2.33. The van der Waals surface area contributed by atoms with E-state index >= 15 is 0 Å². The minimum atomic E-state index is -3.74. The van der Waals surface area contributed by atoms with E-state index < -0.39 is 15.8 Å². The zero-order valence-electron chi connectivity index (χ0n) is 16.0. The van der Waals surface area contributed by atoms with Crippen molar-refractivity contribution in [1.29, 1.82) is 0 Å². The molecule has 0 saturated carbocycles. The molecular weight excluding hydrogens is 417 g/mol. The van der Waals surface area contributed by atoms with E-state index in [2.05, 4.69) is 5.32 Å². The average Bonchev–Trinajstić information content (AvgIpc) is 2.68. The van der Waals surface area contributed by atoms with Gasteiger partial charge in [0.05, 0.1) is 17.5 Å². The van der Waals surface area contributed by atoms with Crippen LogP contribution >= 0.6 is 11.6 Å². The molecule has 9 heteroatoms. The minimum Gasteiger partial charge on any atom is -0.348 e. The smallest absolute Gasteiger partial charge is 0.243 e. The Morgan fingerprint density at radius 3 is 2.48 bits per heavy atom. The lowest BCUT2D eigenvalue weighted by molar-refractivity contribution is -0.123. The summed E-state index contributed by atoms with van der Waals surface area (Å²) in [7, 11) is -3.74. The Morgan fingerprint density at radius 2 is 1.83 bits per heavy atom. The van der Waals surface area contributed by atoms with Gasteiger partial charge in [0.2, 0.25) is 15.9 Å². The molecule has 1 aliphatic heterocycles. The number of carbonyl (C=O) groups is 1. The van der Waals surface area contributed by atoms with Gasteiger partial charge in [-0.1, -0.05) is 35.9 Å². The van der Waals surface area contributed by atoms with Crippen molar-refractivity contribution in [2.75, 3.05) is 32.7 Å². The number of hydrogen-bond donors (Lipinski definition) is 1. The minimum absolute atomic E-state index is 0.0581. The Labute approximate surface area is 175 Å². The zero-order chi connectivity index (χ0) is 21.0. The number of nitrogens with one attached hydrogen (secondary N) is 1. The fourth-order valence-corrected chi connectivity index (χ4v) is 5.05. The summed E-state index contributed by atoms with van der Waals surface area (Å²) in [5.41, 5.74) is 0.841. The molecule has 3 rings (SSSR count). The van der Waals surface area contributed by atoms with Crippen LogP contribution in [-0.2, 0) is 14.8 Å². The quantitative estimate of drug-likeness (QED) is 0.751.